The Hall–Kier alpha value is -2.35. The van der Waals surface area contributed by atoms with Crippen molar-refractivity contribution in [3.8, 4) is 0 Å². The lowest BCUT2D eigenvalue weighted by Gasteiger charge is -2.20. The van der Waals surface area contributed by atoms with E-state index in [4.69, 9.17) is 4.74 Å². The Balaban J connectivity index is 1.55. The van der Waals surface area contributed by atoms with Gasteiger partial charge in [-0.3, -0.25) is 4.79 Å². The lowest BCUT2D eigenvalue weighted by molar-refractivity contribution is -0.120. The van der Waals surface area contributed by atoms with E-state index >= 15 is 0 Å². The molecule has 1 aliphatic rings. The second kappa shape index (κ2) is 7.28. The fraction of sp³-hybridized carbons (Fsp3) is 0.533. The molecule has 3 heterocycles. The van der Waals surface area contributed by atoms with Gasteiger partial charge in [0.05, 0.1) is 25.3 Å². The van der Waals surface area contributed by atoms with Gasteiger partial charge in [-0.1, -0.05) is 10.3 Å². The van der Waals surface area contributed by atoms with Gasteiger partial charge in [0, 0.05) is 18.7 Å². The van der Waals surface area contributed by atoms with E-state index in [-0.39, 0.29) is 18.2 Å². The van der Waals surface area contributed by atoms with Crippen molar-refractivity contribution >= 4 is 5.91 Å². The number of hydrogen-bond donors (Lipinski definition) is 1. The molecule has 1 amide bonds. The lowest BCUT2D eigenvalue weighted by Crippen LogP contribution is -2.26. The number of carbonyl (C=O) groups is 1. The third kappa shape index (κ3) is 4.10. The zero-order chi connectivity index (χ0) is 16.1. The molecule has 122 valence electrons. The quantitative estimate of drug-likeness (QED) is 0.874. The van der Waals surface area contributed by atoms with Crippen LogP contribution in [-0.2, 0) is 22.5 Å². The standard InChI is InChI=1S/C15H19N5O3/c1-10-13(20-23-19-10)7-14(21)17-8-12-4-5-16-15(18-12)11-3-2-6-22-9-11/h4-5,11H,2-3,6-9H2,1H3,(H,17,21). The largest absolute Gasteiger partial charge is 0.381 e. The molecule has 1 N–H and O–H groups in total. The molecule has 8 nitrogen and oxygen atoms in total. The van der Waals surface area contributed by atoms with Crippen LogP contribution in [0.15, 0.2) is 16.9 Å². The van der Waals surface area contributed by atoms with Crippen LogP contribution in [0.25, 0.3) is 0 Å². The maximum absolute atomic E-state index is 11.9. The Morgan fingerprint density at radius 1 is 1.43 bits per heavy atom. The first-order valence-electron chi connectivity index (χ1n) is 7.66. The molecule has 2 aromatic rings. The molecule has 1 atom stereocenters. The van der Waals surface area contributed by atoms with Gasteiger partial charge in [-0.15, -0.1) is 0 Å². The van der Waals surface area contributed by atoms with Crippen LogP contribution >= 0.6 is 0 Å². The number of carbonyl (C=O) groups excluding carboxylic acids is 1. The van der Waals surface area contributed by atoms with Crippen molar-refractivity contribution in [1.29, 1.82) is 0 Å². The molecule has 0 aromatic carbocycles. The Bertz CT molecular complexity index is 667. The molecule has 0 spiro atoms. The maximum atomic E-state index is 11.9. The van der Waals surface area contributed by atoms with Crippen molar-refractivity contribution in [2.45, 2.75) is 38.6 Å². The highest BCUT2D eigenvalue weighted by Crippen LogP contribution is 2.22. The number of nitrogens with zero attached hydrogens (tertiary/aromatic N) is 4. The van der Waals surface area contributed by atoms with Gasteiger partial charge < -0.3 is 10.1 Å². The van der Waals surface area contributed by atoms with Crippen LogP contribution in [0.1, 0.15) is 41.7 Å². The van der Waals surface area contributed by atoms with Gasteiger partial charge in [0.15, 0.2) is 0 Å². The predicted molar refractivity (Wildman–Crippen MR) is 79.4 cm³/mol. The average molecular weight is 317 g/mol. The zero-order valence-electron chi connectivity index (χ0n) is 13.0. The summed E-state index contributed by atoms with van der Waals surface area (Å²) in [5, 5.41) is 10.2. The normalized spacial score (nSPS) is 17.9. The summed E-state index contributed by atoms with van der Waals surface area (Å²) in [5.41, 5.74) is 1.95. The van der Waals surface area contributed by atoms with Gasteiger partial charge in [-0.2, -0.15) is 0 Å². The van der Waals surface area contributed by atoms with Crippen molar-refractivity contribution in [1.82, 2.24) is 25.6 Å². The molecule has 1 unspecified atom stereocenters. The fourth-order valence-electron chi connectivity index (χ4n) is 2.47. The Morgan fingerprint density at radius 2 is 2.35 bits per heavy atom. The Kier molecular flexibility index (Phi) is 4.92. The summed E-state index contributed by atoms with van der Waals surface area (Å²) >= 11 is 0. The number of ether oxygens (including phenoxy) is 1. The summed E-state index contributed by atoms with van der Waals surface area (Å²) in [6.45, 7) is 3.57. The van der Waals surface area contributed by atoms with Crippen LogP contribution in [0.4, 0.5) is 0 Å². The van der Waals surface area contributed by atoms with Crippen molar-refractivity contribution in [2.24, 2.45) is 0 Å². The van der Waals surface area contributed by atoms with Gasteiger partial charge in [0.1, 0.15) is 17.2 Å². The third-order valence-corrected chi connectivity index (χ3v) is 3.80. The molecule has 1 aliphatic heterocycles. The predicted octanol–water partition coefficient (Wildman–Crippen LogP) is 0.921. The van der Waals surface area contributed by atoms with E-state index in [1.807, 2.05) is 0 Å². The van der Waals surface area contributed by atoms with Crippen LogP contribution in [0.2, 0.25) is 0 Å². The SMILES string of the molecule is Cc1nonc1CC(=O)NCc1ccnc(C2CCCOC2)n1. The highest BCUT2D eigenvalue weighted by molar-refractivity contribution is 5.78. The molecule has 0 saturated carbocycles. The Morgan fingerprint density at radius 3 is 3.09 bits per heavy atom. The van der Waals surface area contributed by atoms with Crippen molar-refractivity contribution < 1.29 is 14.2 Å². The molecule has 1 fully saturated rings. The number of hydrogen-bond acceptors (Lipinski definition) is 7. The van der Waals surface area contributed by atoms with Crippen LogP contribution < -0.4 is 5.32 Å². The molecule has 2 aromatic heterocycles. The van der Waals surface area contributed by atoms with E-state index in [1.54, 1.807) is 19.2 Å². The molecule has 1 saturated heterocycles. The first-order valence-corrected chi connectivity index (χ1v) is 7.66. The van der Waals surface area contributed by atoms with Crippen LogP contribution in [-0.4, -0.2) is 39.4 Å². The van der Waals surface area contributed by atoms with Crippen LogP contribution in [0.5, 0.6) is 0 Å². The molecule has 0 radical (unpaired) electrons. The minimum Gasteiger partial charge on any atom is -0.381 e. The molecule has 23 heavy (non-hydrogen) atoms. The van der Waals surface area contributed by atoms with Crippen LogP contribution in [0, 0.1) is 6.92 Å². The lowest BCUT2D eigenvalue weighted by atomic mass is 10.0. The van der Waals surface area contributed by atoms with E-state index in [9.17, 15) is 4.79 Å². The number of rotatable bonds is 5. The van der Waals surface area contributed by atoms with Gasteiger partial charge in [0.2, 0.25) is 5.91 Å². The van der Waals surface area contributed by atoms with Crippen molar-refractivity contribution in [3.05, 3.63) is 35.2 Å². The smallest absolute Gasteiger partial charge is 0.226 e. The summed E-state index contributed by atoms with van der Waals surface area (Å²) in [6.07, 6.45) is 3.93. The second-order valence-electron chi connectivity index (χ2n) is 5.57. The van der Waals surface area contributed by atoms with Gasteiger partial charge >= 0.3 is 0 Å². The fourth-order valence-corrected chi connectivity index (χ4v) is 2.47. The topological polar surface area (TPSA) is 103 Å². The van der Waals surface area contributed by atoms with Gasteiger partial charge in [-0.05, 0) is 25.8 Å². The zero-order valence-corrected chi connectivity index (χ0v) is 13.0. The monoisotopic (exact) mass is 317 g/mol. The molecule has 8 heteroatoms. The maximum Gasteiger partial charge on any atom is 0.226 e. The average Bonchev–Trinajstić information content (AvgIpc) is 2.99. The van der Waals surface area contributed by atoms with E-state index in [0.717, 1.165) is 31.0 Å². The van der Waals surface area contributed by atoms with Gasteiger partial charge in [-0.25, -0.2) is 14.6 Å². The molecular formula is C15H19N5O3. The van der Waals surface area contributed by atoms with E-state index in [2.05, 4.69) is 30.2 Å². The van der Waals surface area contributed by atoms with Crippen molar-refractivity contribution in [2.75, 3.05) is 13.2 Å². The summed E-state index contributed by atoms with van der Waals surface area (Å²) in [4.78, 5) is 20.8. The number of nitrogens with one attached hydrogen (secondary N) is 1. The summed E-state index contributed by atoms with van der Waals surface area (Å²) in [6, 6.07) is 1.80. The summed E-state index contributed by atoms with van der Waals surface area (Å²) in [7, 11) is 0. The highest BCUT2D eigenvalue weighted by Gasteiger charge is 2.19. The Labute approximate surface area is 133 Å². The number of aromatic nitrogens is 4. The van der Waals surface area contributed by atoms with Crippen LogP contribution in [0.3, 0.4) is 0 Å². The minimum absolute atomic E-state index is 0.143. The highest BCUT2D eigenvalue weighted by atomic mass is 16.6. The first-order chi connectivity index (χ1) is 11.2. The summed E-state index contributed by atoms with van der Waals surface area (Å²) < 4.78 is 10.1. The van der Waals surface area contributed by atoms with Gasteiger partial charge in [0.25, 0.3) is 0 Å². The first kappa shape index (κ1) is 15.5. The summed E-state index contributed by atoms with van der Waals surface area (Å²) in [5.74, 6) is 0.876. The number of amides is 1. The third-order valence-electron chi connectivity index (χ3n) is 3.80. The molecule has 0 aliphatic carbocycles. The van der Waals surface area contributed by atoms with Crippen molar-refractivity contribution in [3.63, 3.8) is 0 Å². The number of aryl methyl sites for hydroxylation is 1. The van der Waals surface area contributed by atoms with E-state index in [1.165, 1.54) is 0 Å². The molecule has 3 rings (SSSR count). The minimum atomic E-state index is -0.148. The van der Waals surface area contributed by atoms with E-state index < -0.39 is 0 Å². The molecular weight excluding hydrogens is 298 g/mol. The second-order valence-corrected chi connectivity index (χ2v) is 5.57. The van der Waals surface area contributed by atoms with E-state index in [0.29, 0.717) is 24.5 Å². The molecule has 0 bridgehead atoms.